The monoisotopic (exact) mass is 431 g/mol. The van der Waals surface area contributed by atoms with Crippen LogP contribution in [0.3, 0.4) is 0 Å². The largest absolute Gasteiger partial charge is 0.461 e. The Kier molecular flexibility index (Phi) is 5.24. The number of nitrogens with zero attached hydrogens (tertiary/aromatic N) is 6. The van der Waals surface area contributed by atoms with E-state index in [1.807, 2.05) is 37.3 Å². The van der Waals surface area contributed by atoms with Gasteiger partial charge in [-0.15, -0.1) is 10.2 Å². The van der Waals surface area contributed by atoms with E-state index >= 15 is 0 Å². The van der Waals surface area contributed by atoms with E-state index in [0.717, 1.165) is 17.3 Å². The van der Waals surface area contributed by atoms with E-state index in [1.54, 1.807) is 29.4 Å². The molecule has 0 radical (unpaired) electrons. The molecule has 0 saturated carbocycles. The zero-order valence-corrected chi connectivity index (χ0v) is 17.4. The highest BCUT2D eigenvalue weighted by molar-refractivity contribution is 5.93. The van der Waals surface area contributed by atoms with Crippen LogP contribution in [0.5, 0.6) is 0 Å². The summed E-state index contributed by atoms with van der Waals surface area (Å²) < 4.78 is 10.5. The van der Waals surface area contributed by atoms with Crippen LogP contribution < -0.4 is 10.2 Å². The molecule has 5 heterocycles. The van der Waals surface area contributed by atoms with Gasteiger partial charge in [-0.25, -0.2) is 4.98 Å². The summed E-state index contributed by atoms with van der Waals surface area (Å²) in [5.74, 6) is 2.92. The molecule has 5 rings (SSSR count). The zero-order valence-electron chi connectivity index (χ0n) is 17.4. The summed E-state index contributed by atoms with van der Waals surface area (Å²) in [6.45, 7) is 4.34. The number of pyridine rings is 1. The minimum Gasteiger partial charge on any atom is -0.461 e. The maximum atomic E-state index is 12.8. The van der Waals surface area contributed by atoms with Crippen LogP contribution in [0.1, 0.15) is 16.2 Å². The summed E-state index contributed by atoms with van der Waals surface area (Å²) in [7, 11) is 0. The van der Waals surface area contributed by atoms with E-state index in [2.05, 4.69) is 30.6 Å². The van der Waals surface area contributed by atoms with Crippen LogP contribution in [0.4, 0.5) is 17.5 Å². The lowest BCUT2D eigenvalue weighted by Gasteiger charge is -2.34. The van der Waals surface area contributed by atoms with Crippen LogP contribution in [0.15, 0.2) is 63.7 Å². The molecule has 10 nitrogen and oxygen atoms in total. The molecule has 32 heavy (non-hydrogen) atoms. The van der Waals surface area contributed by atoms with E-state index in [4.69, 9.17) is 8.94 Å². The van der Waals surface area contributed by atoms with Crippen LogP contribution in [-0.2, 0) is 0 Å². The van der Waals surface area contributed by atoms with Crippen molar-refractivity contribution in [2.45, 2.75) is 6.92 Å². The summed E-state index contributed by atoms with van der Waals surface area (Å²) in [5, 5.41) is 15.6. The number of carbonyl (C=O) groups excluding carboxylic acids is 1. The molecule has 0 bridgehead atoms. The highest BCUT2D eigenvalue weighted by Crippen LogP contribution is 2.22. The number of aryl methyl sites for hydroxylation is 1. The van der Waals surface area contributed by atoms with E-state index in [1.165, 1.54) is 0 Å². The molecule has 0 atom stereocenters. The molecular weight excluding hydrogens is 410 g/mol. The fourth-order valence-electron chi connectivity index (χ4n) is 3.52. The SMILES string of the molecule is Cc1cccc(Nc2ccc(N3CCN(C(=O)c4cc(-c5ccco5)on4)CC3)nn2)n1. The Hall–Kier alpha value is -4.21. The van der Waals surface area contributed by atoms with Gasteiger partial charge in [0, 0.05) is 37.9 Å². The number of hydrogen-bond donors (Lipinski definition) is 1. The average Bonchev–Trinajstić information content (AvgIpc) is 3.52. The van der Waals surface area contributed by atoms with Crippen LogP contribution in [0, 0.1) is 6.92 Å². The summed E-state index contributed by atoms with van der Waals surface area (Å²) in [4.78, 5) is 21.0. The van der Waals surface area contributed by atoms with E-state index in [9.17, 15) is 4.79 Å². The van der Waals surface area contributed by atoms with Gasteiger partial charge in [0.25, 0.3) is 5.91 Å². The number of piperazine rings is 1. The Morgan fingerprint density at radius 1 is 0.969 bits per heavy atom. The summed E-state index contributed by atoms with van der Waals surface area (Å²) in [5.41, 5.74) is 1.19. The van der Waals surface area contributed by atoms with Crippen LogP contribution in [0.25, 0.3) is 11.5 Å². The van der Waals surface area contributed by atoms with Gasteiger partial charge in [-0.2, -0.15) is 0 Å². The van der Waals surface area contributed by atoms with Crippen molar-refractivity contribution >= 4 is 23.4 Å². The quantitative estimate of drug-likeness (QED) is 0.509. The first-order valence-electron chi connectivity index (χ1n) is 10.2. The van der Waals surface area contributed by atoms with Gasteiger partial charge in [0.1, 0.15) is 5.82 Å². The molecule has 1 saturated heterocycles. The lowest BCUT2D eigenvalue weighted by atomic mass is 10.2. The van der Waals surface area contributed by atoms with Crippen molar-refractivity contribution in [2.24, 2.45) is 0 Å². The first kappa shape index (κ1) is 19.7. The van der Waals surface area contributed by atoms with Crippen molar-refractivity contribution < 1.29 is 13.7 Å². The molecule has 1 aliphatic heterocycles. The van der Waals surface area contributed by atoms with Gasteiger partial charge >= 0.3 is 0 Å². The molecule has 1 N–H and O–H groups in total. The van der Waals surface area contributed by atoms with Gasteiger partial charge in [-0.05, 0) is 43.3 Å². The molecule has 4 aromatic rings. The van der Waals surface area contributed by atoms with Crippen molar-refractivity contribution in [1.29, 1.82) is 0 Å². The van der Waals surface area contributed by atoms with E-state index < -0.39 is 0 Å². The Labute approximate surface area is 183 Å². The maximum absolute atomic E-state index is 12.8. The standard InChI is InChI=1S/C22H21N7O3/c1-15-4-2-6-19(23-15)24-20-7-8-21(26-25-20)28-9-11-29(12-10-28)22(30)16-14-18(32-27-16)17-5-3-13-31-17/h2-8,13-14H,9-12H2,1H3,(H,23,24,25). The zero-order chi connectivity index (χ0) is 21.9. The van der Waals surface area contributed by atoms with Gasteiger partial charge in [0.05, 0.1) is 6.26 Å². The topological polar surface area (TPSA) is 113 Å². The number of anilines is 3. The smallest absolute Gasteiger partial charge is 0.276 e. The molecule has 1 aliphatic rings. The predicted octanol–water partition coefficient (Wildman–Crippen LogP) is 3.13. The average molecular weight is 431 g/mol. The number of rotatable bonds is 5. The number of furan rings is 1. The highest BCUT2D eigenvalue weighted by atomic mass is 16.5. The van der Waals surface area contributed by atoms with Gasteiger partial charge in [0.15, 0.2) is 23.1 Å². The second kappa shape index (κ2) is 8.50. The minimum atomic E-state index is -0.164. The number of carbonyl (C=O) groups is 1. The molecule has 162 valence electrons. The van der Waals surface area contributed by atoms with E-state index in [-0.39, 0.29) is 11.6 Å². The first-order valence-corrected chi connectivity index (χ1v) is 10.2. The van der Waals surface area contributed by atoms with Crippen molar-refractivity contribution in [3.8, 4) is 11.5 Å². The second-order valence-electron chi connectivity index (χ2n) is 7.40. The normalized spacial score (nSPS) is 13.9. The van der Waals surface area contributed by atoms with Gasteiger partial charge in [-0.1, -0.05) is 11.2 Å². The molecule has 0 unspecified atom stereocenters. The predicted molar refractivity (Wildman–Crippen MR) is 117 cm³/mol. The Bertz CT molecular complexity index is 1200. The number of hydrogen-bond acceptors (Lipinski definition) is 9. The summed E-state index contributed by atoms with van der Waals surface area (Å²) in [6, 6.07) is 14.6. The van der Waals surface area contributed by atoms with Gasteiger partial charge in [-0.3, -0.25) is 4.79 Å². The Morgan fingerprint density at radius 2 is 1.84 bits per heavy atom. The molecule has 1 fully saturated rings. The Morgan fingerprint density at radius 3 is 2.56 bits per heavy atom. The van der Waals surface area contributed by atoms with Crippen LogP contribution in [0.2, 0.25) is 0 Å². The number of aromatic nitrogens is 4. The lowest BCUT2D eigenvalue weighted by molar-refractivity contribution is 0.0736. The minimum absolute atomic E-state index is 0.164. The van der Waals surface area contributed by atoms with Gasteiger partial charge < -0.3 is 24.1 Å². The van der Waals surface area contributed by atoms with Gasteiger partial charge in [0.2, 0.25) is 5.76 Å². The number of amides is 1. The van der Waals surface area contributed by atoms with Crippen LogP contribution >= 0.6 is 0 Å². The fraction of sp³-hybridized carbons (Fsp3) is 0.227. The van der Waals surface area contributed by atoms with Crippen molar-refractivity contribution in [3.05, 3.63) is 66.2 Å². The maximum Gasteiger partial charge on any atom is 0.276 e. The first-order chi connectivity index (χ1) is 15.7. The molecule has 1 amide bonds. The Balaban J connectivity index is 1.18. The summed E-state index contributed by atoms with van der Waals surface area (Å²) in [6.07, 6.45) is 1.55. The van der Waals surface area contributed by atoms with Crippen LogP contribution in [-0.4, -0.2) is 57.3 Å². The third-order valence-electron chi connectivity index (χ3n) is 5.18. The number of nitrogens with one attached hydrogen (secondary N) is 1. The molecule has 0 aromatic carbocycles. The molecule has 4 aromatic heterocycles. The highest BCUT2D eigenvalue weighted by Gasteiger charge is 2.26. The van der Waals surface area contributed by atoms with E-state index in [0.29, 0.717) is 43.5 Å². The lowest BCUT2D eigenvalue weighted by Crippen LogP contribution is -2.49. The molecule has 10 heteroatoms. The molecular formula is C22H21N7O3. The van der Waals surface area contributed by atoms with Crippen molar-refractivity contribution in [1.82, 2.24) is 25.2 Å². The molecule has 0 spiro atoms. The third kappa shape index (κ3) is 4.15. The second-order valence-corrected chi connectivity index (χ2v) is 7.40. The van der Waals surface area contributed by atoms with Crippen molar-refractivity contribution in [3.63, 3.8) is 0 Å². The molecule has 0 aliphatic carbocycles. The fourth-order valence-corrected chi connectivity index (χ4v) is 3.52. The summed E-state index contributed by atoms with van der Waals surface area (Å²) >= 11 is 0. The third-order valence-corrected chi connectivity index (χ3v) is 5.18. The van der Waals surface area contributed by atoms with Crippen molar-refractivity contribution in [2.75, 3.05) is 36.4 Å².